The maximum absolute atomic E-state index is 10.1. The van der Waals surface area contributed by atoms with Gasteiger partial charge in [0.25, 0.3) is 0 Å². The topological polar surface area (TPSA) is 46.2 Å². The molecule has 0 radical (unpaired) electrons. The van der Waals surface area contributed by atoms with Crippen LogP contribution in [-0.2, 0) is 0 Å². The van der Waals surface area contributed by atoms with Crippen molar-refractivity contribution in [2.24, 2.45) is 11.7 Å². The van der Waals surface area contributed by atoms with Crippen molar-refractivity contribution in [3.8, 4) is 0 Å². The van der Waals surface area contributed by atoms with Crippen molar-refractivity contribution >= 4 is 11.6 Å². The third kappa shape index (κ3) is 3.20. The first-order valence-electron chi connectivity index (χ1n) is 5.23. The monoisotopic (exact) mass is 227 g/mol. The standard InChI is InChI=1S/C12H18ClNO/c1-3-9(7-14)12(15)10-4-8(2)5-11(13)6-10/h4-6,9,12,15H,3,7,14H2,1-2H3. The SMILES string of the molecule is CCC(CN)C(O)c1cc(C)cc(Cl)c1. The van der Waals surface area contributed by atoms with Gasteiger partial charge in [-0.05, 0) is 43.1 Å². The largest absolute Gasteiger partial charge is 0.388 e. The quantitative estimate of drug-likeness (QED) is 0.831. The van der Waals surface area contributed by atoms with Crippen molar-refractivity contribution in [3.63, 3.8) is 0 Å². The average Bonchev–Trinajstić information content (AvgIpc) is 2.18. The summed E-state index contributed by atoms with van der Waals surface area (Å²) in [7, 11) is 0. The molecule has 3 heteroatoms. The number of hydrogen-bond donors (Lipinski definition) is 2. The number of hydrogen-bond acceptors (Lipinski definition) is 2. The van der Waals surface area contributed by atoms with Crippen LogP contribution < -0.4 is 5.73 Å². The van der Waals surface area contributed by atoms with Crippen LogP contribution in [0.3, 0.4) is 0 Å². The zero-order chi connectivity index (χ0) is 11.4. The van der Waals surface area contributed by atoms with Crippen LogP contribution in [0.15, 0.2) is 18.2 Å². The maximum Gasteiger partial charge on any atom is 0.0830 e. The fraction of sp³-hybridized carbons (Fsp3) is 0.500. The van der Waals surface area contributed by atoms with Crippen LogP contribution in [0.5, 0.6) is 0 Å². The molecule has 0 aliphatic carbocycles. The van der Waals surface area contributed by atoms with Gasteiger partial charge in [0.15, 0.2) is 0 Å². The minimum atomic E-state index is -0.516. The Morgan fingerprint density at radius 2 is 2.07 bits per heavy atom. The Balaban J connectivity index is 2.94. The predicted octanol–water partition coefficient (Wildman–Crippen LogP) is 2.67. The predicted molar refractivity (Wildman–Crippen MR) is 64.0 cm³/mol. The lowest BCUT2D eigenvalue weighted by molar-refractivity contribution is 0.110. The number of aliphatic hydroxyl groups excluding tert-OH is 1. The van der Waals surface area contributed by atoms with E-state index in [9.17, 15) is 5.11 Å². The smallest absolute Gasteiger partial charge is 0.0830 e. The van der Waals surface area contributed by atoms with Gasteiger partial charge in [0.1, 0.15) is 0 Å². The summed E-state index contributed by atoms with van der Waals surface area (Å²) in [6.07, 6.45) is 0.348. The van der Waals surface area contributed by atoms with Gasteiger partial charge in [0, 0.05) is 10.9 Å². The third-order valence-electron chi connectivity index (χ3n) is 2.68. The summed E-state index contributed by atoms with van der Waals surface area (Å²) in [5, 5.41) is 10.8. The summed E-state index contributed by atoms with van der Waals surface area (Å²) >= 11 is 5.94. The van der Waals surface area contributed by atoms with Crippen molar-refractivity contribution in [3.05, 3.63) is 34.3 Å². The molecule has 2 atom stereocenters. The van der Waals surface area contributed by atoms with Crippen LogP contribution in [0.1, 0.15) is 30.6 Å². The van der Waals surface area contributed by atoms with Gasteiger partial charge in [-0.15, -0.1) is 0 Å². The van der Waals surface area contributed by atoms with Crippen molar-refractivity contribution in [2.75, 3.05) is 6.54 Å². The molecule has 3 N–H and O–H groups in total. The lowest BCUT2D eigenvalue weighted by atomic mass is 9.93. The molecule has 0 heterocycles. The van der Waals surface area contributed by atoms with Crippen molar-refractivity contribution in [2.45, 2.75) is 26.4 Å². The Morgan fingerprint density at radius 1 is 1.40 bits per heavy atom. The zero-order valence-electron chi connectivity index (χ0n) is 9.20. The second kappa shape index (κ2) is 5.50. The summed E-state index contributed by atoms with van der Waals surface area (Å²) in [6, 6.07) is 5.63. The van der Waals surface area contributed by atoms with E-state index >= 15 is 0 Å². The first-order chi connectivity index (χ1) is 7.08. The normalized spacial score (nSPS) is 15.0. The molecule has 0 saturated carbocycles. The van der Waals surface area contributed by atoms with E-state index in [4.69, 9.17) is 17.3 Å². The van der Waals surface area contributed by atoms with Crippen LogP contribution in [-0.4, -0.2) is 11.7 Å². The highest BCUT2D eigenvalue weighted by Gasteiger charge is 2.18. The second-order valence-electron chi connectivity index (χ2n) is 3.91. The molecule has 2 nitrogen and oxygen atoms in total. The third-order valence-corrected chi connectivity index (χ3v) is 2.90. The highest BCUT2D eigenvalue weighted by Crippen LogP contribution is 2.26. The van der Waals surface area contributed by atoms with E-state index < -0.39 is 6.10 Å². The van der Waals surface area contributed by atoms with Gasteiger partial charge in [-0.1, -0.05) is 24.6 Å². The second-order valence-corrected chi connectivity index (χ2v) is 4.35. The molecule has 1 rings (SSSR count). The van der Waals surface area contributed by atoms with Crippen molar-refractivity contribution in [1.82, 2.24) is 0 Å². The Bertz CT molecular complexity index is 303. The van der Waals surface area contributed by atoms with Crippen LogP contribution >= 0.6 is 11.6 Å². The Hall–Kier alpha value is -0.570. The minimum Gasteiger partial charge on any atom is -0.388 e. The van der Waals surface area contributed by atoms with Gasteiger partial charge < -0.3 is 10.8 Å². The van der Waals surface area contributed by atoms with E-state index in [2.05, 4.69) is 0 Å². The Kier molecular flexibility index (Phi) is 4.58. The molecule has 15 heavy (non-hydrogen) atoms. The molecule has 0 aliphatic rings. The zero-order valence-corrected chi connectivity index (χ0v) is 9.96. The maximum atomic E-state index is 10.1. The lowest BCUT2D eigenvalue weighted by Crippen LogP contribution is -2.21. The number of benzene rings is 1. The molecule has 84 valence electrons. The average molecular weight is 228 g/mol. The number of aryl methyl sites for hydroxylation is 1. The summed E-state index contributed by atoms with van der Waals surface area (Å²) in [5.41, 5.74) is 7.52. The van der Waals surface area contributed by atoms with E-state index in [0.717, 1.165) is 17.5 Å². The van der Waals surface area contributed by atoms with E-state index in [0.29, 0.717) is 11.6 Å². The fourth-order valence-electron chi connectivity index (χ4n) is 1.73. The molecule has 0 fully saturated rings. The van der Waals surface area contributed by atoms with Gasteiger partial charge in [-0.2, -0.15) is 0 Å². The summed E-state index contributed by atoms with van der Waals surface area (Å²) < 4.78 is 0. The highest BCUT2D eigenvalue weighted by molar-refractivity contribution is 6.30. The van der Waals surface area contributed by atoms with Crippen molar-refractivity contribution in [1.29, 1.82) is 0 Å². The summed E-state index contributed by atoms with van der Waals surface area (Å²) in [6.45, 7) is 4.48. The molecular formula is C12H18ClNO. The number of rotatable bonds is 4. The lowest BCUT2D eigenvalue weighted by Gasteiger charge is -2.20. The molecule has 1 aromatic carbocycles. The molecular weight excluding hydrogens is 210 g/mol. The van der Waals surface area contributed by atoms with Gasteiger partial charge in [-0.3, -0.25) is 0 Å². The first kappa shape index (κ1) is 12.5. The fourth-order valence-corrected chi connectivity index (χ4v) is 2.02. The van der Waals surface area contributed by atoms with Crippen LogP contribution in [0, 0.1) is 12.8 Å². The minimum absolute atomic E-state index is 0.0999. The first-order valence-corrected chi connectivity index (χ1v) is 5.61. The van der Waals surface area contributed by atoms with E-state index in [1.807, 2.05) is 26.0 Å². The Morgan fingerprint density at radius 3 is 2.53 bits per heavy atom. The number of aliphatic hydroxyl groups is 1. The van der Waals surface area contributed by atoms with Gasteiger partial charge >= 0.3 is 0 Å². The summed E-state index contributed by atoms with van der Waals surface area (Å²) in [5.74, 6) is 0.0999. The van der Waals surface area contributed by atoms with Crippen LogP contribution in [0.4, 0.5) is 0 Å². The van der Waals surface area contributed by atoms with Crippen molar-refractivity contribution < 1.29 is 5.11 Å². The van der Waals surface area contributed by atoms with Crippen LogP contribution in [0.25, 0.3) is 0 Å². The molecule has 0 spiro atoms. The van der Waals surface area contributed by atoms with E-state index in [1.54, 1.807) is 6.07 Å². The Labute approximate surface area is 96.1 Å². The molecule has 0 amide bonds. The molecule has 0 saturated heterocycles. The molecule has 0 aromatic heterocycles. The van der Waals surface area contributed by atoms with Gasteiger partial charge in [0.2, 0.25) is 0 Å². The van der Waals surface area contributed by atoms with E-state index in [1.165, 1.54) is 0 Å². The number of nitrogens with two attached hydrogens (primary N) is 1. The van der Waals surface area contributed by atoms with Crippen LogP contribution in [0.2, 0.25) is 5.02 Å². The molecule has 1 aromatic rings. The molecule has 0 aliphatic heterocycles. The van der Waals surface area contributed by atoms with E-state index in [-0.39, 0.29) is 5.92 Å². The van der Waals surface area contributed by atoms with Gasteiger partial charge in [-0.25, -0.2) is 0 Å². The molecule has 2 unspecified atom stereocenters. The molecule has 0 bridgehead atoms. The number of halogens is 1. The highest BCUT2D eigenvalue weighted by atomic mass is 35.5. The van der Waals surface area contributed by atoms with Gasteiger partial charge in [0.05, 0.1) is 6.10 Å². The summed E-state index contributed by atoms with van der Waals surface area (Å²) in [4.78, 5) is 0.